The Morgan fingerprint density at radius 1 is 0.769 bits per heavy atom. The third-order valence-corrected chi connectivity index (χ3v) is 6.45. The summed E-state index contributed by atoms with van der Waals surface area (Å²) in [4.78, 5) is 36.1. The molecule has 0 aliphatic heterocycles. The number of nitrogens with zero attached hydrogens (tertiary/aromatic N) is 4. The molecule has 2 aromatic carbocycles. The summed E-state index contributed by atoms with van der Waals surface area (Å²) in [5.41, 5.74) is 1.43. The van der Waals surface area contributed by atoms with Crippen molar-refractivity contribution in [3.63, 3.8) is 0 Å². The molecular formula is C28H18N4O6S. The topological polar surface area (TPSA) is 187 Å². The van der Waals surface area contributed by atoms with Crippen LogP contribution in [0.1, 0.15) is 16.0 Å². The average molecular weight is 539 g/mol. The van der Waals surface area contributed by atoms with Crippen LogP contribution < -0.4 is 4.90 Å². The summed E-state index contributed by atoms with van der Waals surface area (Å²) in [6.07, 6.45) is 2.50. The lowest BCUT2D eigenvalue weighted by atomic mass is 10.1. The minimum atomic E-state index is -1.34. The molecule has 0 saturated heterocycles. The smallest absolute Gasteiger partial charge is 0.346 e. The van der Waals surface area contributed by atoms with Gasteiger partial charge in [0.2, 0.25) is 0 Å². The Morgan fingerprint density at radius 3 is 1.59 bits per heavy atom. The van der Waals surface area contributed by atoms with Gasteiger partial charge < -0.3 is 20.2 Å². The zero-order valence-electron chi connectivity index (χ0n) is 20.0. The molecule has 3 rings (SSSR count). The number of aliphatic carboxylic acids is 3. The highest BCUT2D eigenvalue weighted by molar-refractivity contribution is 7.16. The van der Waals surface area contributed by atoms with Crippen molar-refractivity contribution >= 4 is 57.8 Å². The van der Waals surface area contributed by atoms with Gasteiger partial charge in [-0.1, -0.05) is 24.3 Å². The first-order chi connectivity index (χ1) is 18.7. The highest BCUT2D eigenvalue weighted by Gasteiger charge is 2.20. The predicted molar refractivity (Wildman–Crippen MR) is 142 cm³/mol. The maximum Gasteiger partial charge on any atom is 0.346 e. The van der Waals surface area contributed by atoms with Crippen LogP contribution in [-0.4, -0.2) is 33.2 Å². The second kappa shape index (κ2) is 12.5. The van der Waals surface area contributed by atoms with Gasteiger partial charge in [0, 0.05) is 22.7 Å². The lowest BCUT2D eigenvalue weighted by Gasteiger charge is -2.24. The summed E-state index contributed by atoms with van der Waals surface area (Å²) in [5.74, 6) is -5.10. The summed E-state index contributed by atoms with van der Waals surface area (Å²) < 4.78 is 0. The number of rotatable bonds is 10. The number of carbonyl (C=O) groups is 3. The van der Waals surface area contributed by atoms with Gasteiger partial charge in [0.15, 0.2) is 0 Å². The molecule has 0 aliphatic rings. The molecule has 0 aliphatic carbocycles. The van der Waals surface area contributed by atoms with Crippen LogP contribution in [-0.2, 0) is 20.8 Å². The van der Waals surface area contributed by atoms with Crippen molar-refractivity contribution in [1.82, 2.24) is 0 Å². The van der Waals surface area contributed by atoms with Crippen LogP contribution in [0.3, 0.4) is 0 Å². The Bertz CT molecular complexity index is 1510. The Morgan fingerprint density at radius 2 is 1.23 bits per heavy atom. The zero-order chi connectivity index (χ0) is 28.5. The SMILES string of the molecule is N#C/C(=C/c1ccc(N(c2ccc(/C=C(\C#N)C(=O)O)cc2)c2ccc(CC(C#N)C(=O)O)s2)cc1)C(=O)O. The summed E-state index contributed by atoms with van der Waals surface area (Å²) in [6.45, 7) is 0. The number of benzene rings is 2. The third kappa shape index (κ3) is 6.95. The Labute approximate surface area is 226 Å². The molecule has 0 saturated carbocycles. The van der Waals surface area contributed by atoms with Crippen LogP contribution in [0.25, 0.3) is 12.2 Å². The van der Waals surface area contributed by atoms with Gasteiger partial charge in [-0.25, -0.2) is 9.59 Å². The van der Waals surface area contributed by atoms with Crippen molar-refractivity contribution in [3.8, 4) is 18.2 Å². The number of hydrogen-bond acceptors (Lipinski definition) is 8. The number of hydrogen-bond donors (Lipinski definition) is 3. The van der Waals surface area contributed by atoms with Crippen LogP contribution in [0.15, 0.2) is 71.8 Å². The van der Waals surface area contributed by atoms with Gasteiger partial charge >= 0.3 is 17.9 Å². The number of anilines is 3. The van der Waals surface area contributed by atoms with Gasteiger partial charge in [-0.2, -0.15) is 15.8 Å². The second-order valence-corrected chi connectivity index (χ2v) is 9.08. The first-order valence-electron chi connectivity index (χ1n) is 11.1. The van der Waals surface area contributed by atoms with E-state index in [-0.39, 0.29) is 6.42 Å². The normalized spacial score (nSPS) is 11.9. The summed E-state index contributed by atoms with van der Waals surface area (Å²) in [6, 6.07) is 21.9. The number of carboxylic acids is 3. The van der Waals surface area contributed by atoms with Crippen molar-refractivity contribution < 1.29 is 29.7 Å². The lowest BCUT2D eigenvalue weighted by molar-refractivity contribution is -0.139. The molecule has 1 unspecified atom stereocenters. The van der Waals surface area contributed by atoms with Crippen molar-refractivity contribution in [2.75, 3.05) is 4.90 Å². The van der Waals surface area contributed by atoms with Gasteiger partial charge in [0.1, 0.15) is 34.2 Å². The van der Waals surface area contributed by atoms with E-state index < -0.39 is 35.0 Å². The van der Waals surface area contributed by atoms with Crippen LogP contribution in [0.4, 0.5) is 16.4 Å². The van der Waals surface area contributed by atoms with Crippen molar-refractivity contribution in [1.29, 1.82) is 15.8 Å². The number of thiophene rings is 1. The molecule has 3 N–H and O–H groups in total. The Hall–Kier alpha value is -5.70. The van der Waals surface area contributed by atoms with Crippen LogP contribution in [0.2, 0.25) is 0 Å². The van der Waals surface area contributed by atoms with Gasteiger partial charge in [-0.15, -0.1) is 11.3 Å². The summed E-state index contributed by atoms with van der Waals surface area (Å²) in [7, 11) is 0. The van der Waals surface area contributed by atoms with Gasteiger partial charge in [0.25, 0.3) is 0 Å². The van der Waals surface area contributed by atoms with Crippen LogP contribution in [0.5, 0.6) is 0 Å². The van der Waals surface area contributed by atoms with E-state index in [2.05, 4.69) is 0 Å². The maximum atomic E-state index is 11.3. The molecule has 0 bridgehead atoms. The highest BCUT2D eigenvalue weighted by atomic mass is 32.1. The minimum absolute atomic E-state index is 0.0239. The average Bonchev–Trinajstić information content (AvgIpc) is 3.38. The standard InChI is InChI=1S/C28H18N4O6S/c29-14-19(26(33)34)11-17-1-5-22(6-2-17)32(25-10-9-24(39-25)13-21(16-31)28(37)38)23-7-3-18(4-8-23)12-20(15-30)27(35)36/h1-12,21H,13H2,(H,33,34)(H,35,36)(H,37,38)/b19-11-,20-12+. The van der Waals surface area contributed by atoms with Crippen molar-refractivity contribution in [2.45, 2.75) is 6.42 Å². The van der Waals surface area contributed by atoms with E-state index in [0.29, 0.717) is 32.4 Å². The monoisotopic (exact) mass is 538 g/mol. The fourth-order valence-corrected chi connectivity index (χ4v) is 4.54. The van der Waals surface area contributed by atoms with Crippen LogP contribution in [0, 0.1) is 39.9 Å². The molecule has 0 spiro atoms. The lowest BCUT2D eigenvalue weighted by Crippen LogP contribution is -2.13. The molecule has 10 nitrogen and oxygen atoms in total. The summed E-state index contributed by atoms with van der Waals surface area (Å²) in [5, 5.41) is 55.3. The third-order valence-electron chi connectivity index (χ3n) is 5.35. The molecule has 1 atom stereocenters. The molecule has 11 heteroatoms. The molecule has 3 aromatic rings. The van der Waals surface area contributed by atoms with Gasteiger partial charge in [-0.05, 0) is 59.7 Å². The Balaban J connectivity index is 2.05. The first kappa shape index (κ1) is 27.9. The van der Waals surface area contributed by atoms with E-state index in [1.165, 1.54) is 23.5 Å². The minimum Gasteiger partial charge on any atom is -0.480 e. The van der Waals surface area contributed by atoms with E-state index in [4.69, 9.17) is 26.0 Å². The fraction of sp³-hybridized carbons (Fsp3) is 0.0714. The van der Waals surface area contributed by atoms with E-state index in [1.54, 1.807) is 78.9 Å². The Kier molecular flexibility index (Phi) is 8.94. The molecule has 0 radical (unpaired) electrons. The largest absolute Gasteiger partial charge is 0.480 e. The van der Waals surface area contributed by atoms with E-state index >= 15 is 0 Å². The molecule has 1 aromatic heterocycles. The maximum absolute atomic E-state index is 11.3. The van der Waals surface area contributed by atoms with E-state index in [1.807, 2.05) is 4.90 Å². The zero-order valence-corrected chi connectivity index (χ0v) is 20.8. The van der Waals surface area contributed by atoms with Crippen molar-refractivity contribution in [3.05, 3.63) is 87.8 Å². The summed E-state index contributed by atoms with van der Waals surface area (Å²) >= 11 is 1.28. The van der Waals surface area contributed by atoms with E-state index in [0.717, 1.165) is 0 Å². The van der Waals surface area contributed by atoms with Gasteiger partial charge in [0.05, 0.1) is 6.07 Å². The second-order valence-electron chi connectivity index (χ2n) is 7.93. The number of nitriles is 3. The van der Waals surface area contributed by atoms with Crippen LogP contribution >= 0.6 is 11.3 Å². The van der Waals surface area contributed by atoms with E-state index in [9.17, 15) is 19.5 Å². The molecular weight excluding hydrogens is 520 g/mol. The molecule has 1 heterocycles. The van der Waals surface area contributed by atoms with Crippen molar-refractivity contribution in [2.24, 2.45) is 5.92 Å². The fourth-order valence-electron chi connectivity index (χ4n) is 3.45. The number of carboxylic acid groups (broad SMARTS) is 3. The molecule has 39 heavy (non-hydrogen) atoms. The molecule has 0 fully saturated rings. The molecule has 0 amide bonds. The molecule has 192 valence electrons. The van der Waals surface area contributed by atoms with Gasteiger partial charge in [-0.3, -0.25) is 4.79 Å². The first-order valence-corrected chi connectivity index (χ1v) is 11.9. The highest BCUT2D eigenvalue weighted by Crippen LogP contribution is 2.39. The predicted octanol–water partition coefficient (Wildman–Crippen LogP) is 4.97. The quantitative estimate of drug-likeness (QED) is 0.235.